The standard InChI is InChI=1S/C12H18N2S/c1-15-8-7-14-6-5-10-3-2-4-12(13)11(10)9-14/h2-4H,5-9,13H2,1H3. The van der Waals surface area contributed by atoms with Crippen molar-refractivity contribution in [3.05, 3.63) is 29.3 Å². The van der Waals surface area contributed by atoms with E-state index in [9.17, 15) is 0 Å². The van der Waals surface area contributed by atoms with Gasteiger partial charge in [-0.2, -0.15) is 11.8 Å². The average molecular weight is 222 g/mol. The second-order valence-electron chi connectivity index (χ2n) is 4.00. The van der Waals surface area contributed by atoms with Crippen LogP contribution in [0.25, 0.3) is 0 Å². The van der Waals surface area contributed by atoms with Gasteiger partial charge in [0.1, 0.15) is 0 Å². The molecule has 1 aliphatic heterocycles. The SMILES string of the molecule is CSCCN1CCc2cccc(N)c2C1. The molecule has 0 unspecified atom stereocenters. The minimum atomic E-state index is 0.960. The number of fused-ring (bicyclic) bond motifs is 1. The van der Waals surface area contributed by atoms with E-state index in [1.807, 2.05) is 17.8 Å². The Labute approximate surface area is 95.8 Å². The van der Waals surface area contributed by atoms with Gasteiger partial charge in [0.05, 0.1) is 0 Å². The van der Waals surface area contributed by atoms with Crippen molar-refractivity contribution in [2.75, 3.05) is 30.8 Å². The van der Waals surface area contributed by atoms with Crippen molar-refractivity contribution in [2.45, 2.75) is 13.0 Å². The molecule has 0 fully saturated rings. The highest BCUT2D eigenvalue weighted by atomic mass is 32.2. The third-order valence-electron chi connectivity index (χ3n) is 3.00. The summed E-state index contributed by atoms with van der Waals surface area (Å²) >= 11 is 1.91. The first-order valence-corrected chi connectivity index (χ1v) is 6.78. The summed E-state index contributed by atoms with van der Waals surface area (Å²) in [5, 5.41) is 0. The van der Waals surface area contributed by atoms with Gasteiger partial charge in [-0.1, -0.05) is 12.1 Å². The van der Waals surface area contributed by atoms with Crippen LogP contribution in [0.4, 0.5) is 5.69 Å². The second-order valence-corrected chi connectivity index (χ2v) is 4.99. The average Bonchev–Trinajstić information content (AvgIpc) is 2.27. The number of thioether (sulfide) groups is 1. The van der Waals surface area contributed by atoms with Crippen LogP contribution in [-0.4, -0.2) is 30.0 Å². The number of hydrogen-bond acceptors (Lipinski definition) is 3. The van der Waals surface area contributed by atoms with Crippen LogP contribution in [-0.2, 0) is 13.0 Å². The molecule has 0 bridgehead atoms. The molecule has 1 heterocycles. The van der Waals surface area contributed by atoms with Gasteiger partial charge in [0, 0.05) is 31.1 Å². The molecule has 0 atom stereocenters. The third kappa shape index (κ3) is 2.47. The first kappa shape index (κ1) is 10.8. The lowest BCUT2D eigenvalue weighted by Crippen LogP contribution is -2.32. The smallest absolute Gasteiger partial charge is 0.0362 e. The van der Waals surface area contributed by atoms with Crippen molar-refractivity contribution in [3.8, 4) is 0 Å². The Bertz CT molecular complexity index is 338. The van der Waals surface area contributed by atoms with Crippen molar-refractivity contribution in [3.63, 3.8) is 0 Å². The van der Waals surface area contributed by atoms with E-state index >= 15 is 0 Å². The van der Waals surface area contributed by atoms with E-state index in [1.54, 1.807) is 0 Å². The Balaban J connectivity index is 2.08. The number of hydrogen-bond donors (Lipinski definition) is 1. The van der Waals surface area contributed by atoms with Gasteiger partial charge in [-0.3, -0.25) is 4.90 Å². The lowest BCUT2D eigenvalue weighted by molar-refractivity contribution is 0.271. The maximum absolute atomic E-state index is 6.00. The van der Waals surface area contributed by atoms with Gasteiger partial charge >= 0.3 is 0 Å². The quantitative estimate of drug-likeness (QED) is 0.793. The van der Waals surface area contributed by atoms with Gasteiger partial charge in [0.2, 0.25) is 0 Å². The molecular weight excluding hydrogens is 204 g/mol. The number of benzene rings is 1. The lowest BCUT2D eigenvalue weighted by atomic mass is 9.98. The number of rotatable bonds is 3. The summed E-state index contributed by atoms with van der Waals surface area (Å²) in [5.74, 6) is 1.21. The summed E-state index contributed by atoms with van der Waals surface area (Å²) in [6, 6.07) is 6.28. The molecule has 0 spiro atoms. The summed E-state index contributed by atoms with van der Waals surface area (Å²) in [4.78, 5) is 2.50. The Morgan fingerprint density at radius 1 is 1.47 bits per heavy atom. The summed E-state index contributed by atoms with van der Waals surface area (Å²) in [5.41, 5.74) is 9.75. The summed E-state index contributed by atoms with van der Waals surface area (Å²) in [6.45, 7) is 3.38. The van der Waals surface area contributed by atoms with Crippen molar-refractivity contribution < 1.29 is 0 Å². The summed E-state index contributed by atoms with van der Waals surface area (Å²) < 4.78 is 0. The molecule has 2 rings (SSSR count). The van der Waals surface area contributed by atoms with Crippen molar-refractivity contribution in [1.29, 1.82) is 0 Å². The minimum absolute atomic E-state index is 0.960. The van der Waals surface area contributed by atoms with E-state index in [0.717, 1.165) is 18.7 Å². The molecule has 0 saturated carbocycles. The van der Waals surface area contributed by atoms with Crippen molar-refractivity contribution in [2.24, 2.45) is 0 Å². The molecule has 1 aliphatic rings. The van der Waals surface area contributed by atoms with Crippen LogP contribution < -0.4 is 5.73 Å². The van der Waals surface area contributed by atoms with Gasteiger partial charge in [-0.05, 0) is 29.9 Å². The monoisotopic (exact) mass is 222 g/mol. The highest BCUT2D eigenvalue weighted by molar-refractivity contribution is 7.98. The fourth-order valence-electron chi connectivity index (χ4n) is 2.07. The maximum atomic E-state index is 6.00. The normalized spacial score (nSPS) is 16.3. The van der Waals surface area contributed by atoms with Gasteiger partial charge in [0.15, 0.2) is 0 Å². The van der Waals surface area contributed by atoms with Gasteiger partial charge in [-0.25, -0.2) is 0 Å². The minimum Gasteiger partial charge on any atom is -0.398 e. The number of nitrogens with zero attached hydrogens (tertiary/aromatic N) is 1. The zero-order valence-electron chi connectivity index (χ0n) is 9.20. The molecule has 2 nitrogen and oxygen atoms in total. The summed E-state index contributed by atoms with van der Waals surface area (Å²) in [6.07, 6.45) is 3.31. The van der Waals surface area contributed by atoms with E-state index in [4.69, 9.17) is 5.73 Å². The van der Waals surface area contributed by atoms with Crippen LogP contribution in [0.2, 0.25) is 0 Å². The molecule has 82 valence electrons. The largest absolute Gasteiger partial charge is 0.398 e. The molecule has 0 amide bonds. The fourth-order valence-corrected chi connectivity index (χ4v) is 2.51. The molecule has 0 saturated heterocycles. The number of nitrogen functional groups attached to an aromatic ring is 1. The molecule has 1 aromatic rings. The van der Waals surface area contributed by atoms with Crippen LogP contribution in [0.3, 0.4) is 0 Å². The zero-order valence-corrected chi connectivity index (χ0v) is 10.0. The molecule has 0 aliphatic carbocycles. The second kappa shape index (κ2) is 4.90. The number of anilines is 1. The van der Waals surface area contributed by atoms with E-state index in [-0.39, 0.29) is 0 Å². The predicted molar refractivity (Wildman–Crippen MR) is 68.2 cm³/mol. The van der Waals surface area contributed by atoms with Crippen LogP contribution >= 0.6 is 11.8 Å². The first-order chi connectivity index (χ1) is 7.31. The number of nitrogens with two attached hydrogens (primary N) is 1. The lowest BCUT2D eigenvalue weighted by Gasteiger charge is -2.29. The molecule has 15 heavy (non-hydrogen) atoms. The highest BCUT2D eigenvalue weighted by Gasteiger charge is 2.16. The first-order valence-electron chi connectivity index (χ1n) is 5.39. The Hall–Kier alpha value is -0.670. The van der Waals surface area contributed by atoms with Crippen LogP contribution in [0.1, 0.15) is 11.1 Å². The van der Waals surface area contributed by atoms with Crippen LogP contribution in [0.5, 0.6) is 0 Å². The molecular formula is C12H18N2S. The van der Waals surface area contributed by atoms with E-state index in [2.05, 4.69) is 23.3 Å². The van der Waals surface area contributed by atoms with Crippen LogP contribution in [0.15, 0.2) is 18.2 Å². The molecule has 0 aromatic heterocycles. The Morgan fingerprint density at radius 2 is 2.33 bits per heavy atom. The van der Waals surface area contributed by atoms with Gasteiger partial charge in [-0.15, -0.1) is 0 Å². The molecule has 3 heteroatoms. The van der Waals surface area contributed by atoms with Crippen LogP contribution in [0, 0.1) is 0 Å². The van der Waals surface area contributed by atoms with E-state index < -0.39 is 0 Å². The van der Waals surface area contributed by atoms with E-state index in [0.29, 0.717) is 0 Å². The zero-order chi connectivity index (χ0) is 10.7. The highest BCUT2D eigenvalue weighted by Crippen LogP contribution is 2.24. The van der Waals surface area contributed by atoms with Crippen molar-refractivity contribution in [1.82, 2.24) is 4.90 Å². The molecule has 0 radical (unpaired) electrons. The third-order valence-corrected chi connectivity index (χ3v) is 3.59. The topological polar surface area (TPSA) is 29.3 Å². The van der Waals surface area contributed by atoms with E-state index in [1.165, 1.54) is 30.0 Å². The van der Waals surface area contributed by atoms with Gasteiger partial charge in [0.25, 0.3) is 0 Å². The fraction of sp³-hybridized carbons (Fsp3) is 0.500. The molecule has 1 aromatic carbocycles. The molecule has 2 N–H and O–H groups in total. The summed E-state index contributed by atoms with van der Waals surface area (Å²) in [7, 11) is 0. The van der Waals surface area contributed by atoms with Crippen molar-refractivity contribution >= 4 is 17.4 Å². The maximum Gasteiger partial charge on any atom is 0.0362 e. The van der Waals surface area contributed by atoms with Gasteiger partial charge < -0.3 is 5.73 Å². The predicted octanol–water partition coefficient (Wildman–Crippen LogP) is 1.99. The Morgan fingerprint density at radius 3 is 3.13 bits per heavy atom. The Kier molecular flexibility index (Phi) is 3.54.